The van der Waals surface area contributed by atoms with Crippen molar-refractivity contribution in [3.63, 3.8) is 0 Å². The van der Waals surface area contributed by atoms with Crippen molar-refractivity contribution in [1.29, 1.82) is 0 Å². The van der Waals surface area contributed by atoms with Crippen molar-refractivity contribution >= 4 is 29.9 Å². The van der Waals surface area contributed by atoms with Crippen LogP contribution in [0.2, 0.25) is 0 Å². The fourth-order valence-corrected chi connectivity index (χ4v) is 3.49. The first-order valence-corrected chi connectivity index (χ1v) is 9.85. The van der Waals surface area contributed by atoms with E-state index in [1.807, 2.05) is 7.05 Å². The van der Waals surface area contributed by atoms with Crippen LogP contribution in [0, 0.1) is 11.8 Å². The van der Waals surface area contributed by atoms with Crippen LogP contribution in [0.4, 0.5) is 0 Å². The molecule has 2 rings (SSSR count). The zero-order chi connectivity index (χ0) is 18.1. The molecule has 6 nitrogen and oxygen atoms in total. The van der Waals surface area contributed by atoms with Crippen molar-refractivity contribution in [1.82, 2.24) is 20.8 Å². The number of nitrogens with one attached hydrogen (secondary N) is 2. The Labute approximate surface area is 175 Å². The molecule has 26 heavy (non-hydrogen) atoms. The molecular formula is C19H36IN5O. The highest BCUT2D eigenvalue weighted by molar-refractivity contribution is 14.0. The first-order chi connectivity index (χ1) is 12.1. The normalized spacial score (nSPS) is 20.7. The molecule has 1 saturated carbocycles. The molecule has 1 aliphatic rings. The summed E-state index contributed by atoms with van der Waals surface area (Å²) in [5.41, 5.74) is 0. The van der Waals surface area contributed by atoms with E-state index in [-0.39, 0.29) is 24.0 Å². The van der Waals surface area contributed by atoms with Gasteiger partial charge in [-0.15, -0.1) is 24.0 Å². The third kappa shape index (κ3) is 8.22. The Morgan fingerprint density at radius 1 is 1.27 bits per heavy atom. The number of nitrogens with zero attached hydrogens (tertiary/aromatic N) is 3. The van der Waals surface area contributed by atoms with Crippen LogP contribution in [0.15, 0.2) is 9.52 Å². The summed E-state index contributed by atoms with van der Waals surface area (Å²) in [5, 5.41) is 10.8. The van der Waals surface area contributed by atoms with Gasteiger partial charge in [0.15, 0.2) is 11.8 Å². The average molecular weight is 477 g/mol. The molecule has 150 valence electrons. The lowest BCUT2D eigenvalue weighted by atomic mass is 9.81. The Bertz CT molecular complexity index is 532. The highest BCUT2D eigenvalue weighted by atomic mass is 127. The summed E-state index contributed by atoms with van der Waals surface area (Å²) in [7, 11) is 1.82. The minimum atomic E-state index is 0. The number of hydrogen-bond donors (Lipinski definition) is 2. The lowest BCUT2D eigenvalue weighted by Crippen LogP contribution is -2.39. The molecular weight excluding hydrogens is 441 g/mol. The average Bonchev–Trinajstić information content (AvgIpc) is 3.06. The number of aliphatic imine (C=N–C) groups is 1. The van der Waals surface area contributed by atoms with Gasteiger partial charge in [0.05, 0.1) is 0 Å². The maximum absolute atomic E-state index is 5.27. The van der Waals surface area contributed by atoms with Gasteiger partial charge in [-0.3, -0.25) is 4.99 Å². The molecule has 2 unspecified atom stereocenters. The van der Waals surface area contributed by atoms with E-state index in [1.165, 1.54) is 32.1 Å². The Morgan fingerprint density at radius 3 is 2.69 bits per heavy atom. The summed E-state index contributed by atoms with van der Waals surface area (Å²) in [6.07, 6.45) is 8.56. The Hall–Kier alpha value is -0.860. The monoisotopic (exact) mass is 477 g/mol. The molecule has 7 heteroatoms. The van der Waals surface area contributed by atoms with E-state index in [0.717, 1.165) is 55.4 Å². The highest BCUT2D eigenvalue weighted by Crippen LogP contribution is 2.30. The predicted molar refractivity (Wildman–Crippen MR) is 117 cm³/mol. The zero-order valence-electron chi connectivity index (χ0n) is 16.8. The van der Waals surface area contributed by atoms with Gasteiger partial charge in [-0.05, 0) is 31.1 Å². The largest absolute Gasteiger partial charge is 0.356 e. The standard InChI is InChI=1S/C19H35N5O.HI/c1-14(2)18-23-17(25-24-18)9-6-11-21-19(20-4)22-12-10-16-8-5-7-15(3)13-16;/h14-16H,5-13H2,1-4H3,(H2,20,21,22);1H. The van der Waals surface area contributed by atoms with Crippen LogP contribution in [-0.2, 0) is 6.42 Å². The summed E-state index contributed by atoms with van der Waals surface area (Å²) in [5.74, 6) is 4.49. The van der Waals surface area contributed by atoms with Crippen molar-refractivity contribution in [2.75, 3.05) is 20.1 Å². The second-order valence-electron chi connectivity index (χ2n) is 7.66. The number of rotatable bonds is 8. The van der Waals surface area contributed by atoms with E-state index < -0.39 is 0 Å². The molecule has 2 atom stereocenters. The molecule has 0 spiro atoms. The molecule has 0 aliphatic heterocycles. The maximum Gasteiger partial charge on any atom is 0.226 e. The molecule has 0 amide bonds. The van der Waals surface area contributed by atoms with Crippen molar-refractivity contribution in [2.24, 2.45) is 16.8 Å². The molecule has 0 aromatic carbocycles. The van der Waals surface area contributed by atoms with Crippen molar-refractivity contribution < 1.29 is 4.52 Å². The smallest absolute Gasteiger partial charge is 0.226 e. The second kappa shape index (κ2) is 12.5. The molecule has 1 aliphatic carbocycles. The van der Waals surface area contributed by atoms with Gasteiger partial charge in [-0.1, -0.05) is 45.2 Å². The number of aromatic nitrogens is 2. The molecule has 1 heterocycles. The minimum Gasteiger partial charge on any atom is -0.356 e. The Kier molecular flexibility index (Phi) is 11.2. The van der Waals surface area contributed by atoms with Crippen LogP contribution in [0.25, 0.3) is 0 Å². The number of hydrogen-bond acceptors (Lipinski definition) is 4. The van der Waals surface area contributed by atoms with Crippen LogP contribution in [0.5, 0.6) is 0 Å². The van der Waals surface area contributed by atoms with Gasteiger partial charge in [0.1, 0.15) is 0 Å². The highest BCUT2D eigenvalue weighted by Gasteiger charge is 2.18. The summed E-state index contributed by atoms with van der Waals surface area (Å²) in [4.78, 5) is 8.70. The molecule has 1 fully saturated rings. The molecule has 0 bridgehead atoms. The minimum absolute atomic E-state index is 0. The van der Waals surface area contributed by atoms with Gasteiger partial charge in [0.25, 0.3) is 0 Å². The second-order valence-corrected chi connectivity index (χ2v) is 7.66. The topological polar surface area (TPSA) is 75.3 Å². The SMILES string of the molecule is CN=C(NCCCc1nc(C(C)C)no1)NCCC1CCCC(C)C1.I. The number of aryl methyl sites for hydroxylation is 1. The summed E-state index contributed by atoms with van der Waals surface area (Å²) in [6, 6.07) is 0. The van der Waals surface area contributed by atoms with Gasteiger partial charge in [0, 0.05) is 32.5 Å². The maximum atomic E-state index is 5.27. The lowest BCUT2D eigenvalue weighted by molar-refractivity contribution is 0.270. The first-order valence-electron chi connectivity index (χ1n) is 9.85. The van der Waals surface area contributed by atoms with E-state index in [9.17, 15) is 0 Å². The fourth-order valence-electron chi connectivity index (χ4n) is 3.49. The van der Waals surface area contributed by atoms with E-state index in [4.69, 9.17) is 4.52 Å². The quantitative estimate of drug-likeness (QED) is 0.255. The number of halogens is 1. The third-order valence-electron chi connectivity index (χ3n) is 4.97. The van der Waals surface area contributed by atoms with Gasteiger partial charge in [-0.2, -0.15) is 4.98 Å². The Balaban J connectivity index is 0.00000338. The number of guanidine groups is 1. The molecule has 0 saturated heterocycles. The van der Waals surface area contributed by atoms with E-state index in [0.29, 0.717) is 5.92 Å². The Morgan fingerprint density at radius 2 is 2.04 bits per heavy atom. The van der Waals surface area contributed by atoms with Crippen molar-refractivity contribution in [3.8, 4) is 0 Å². The van der Waals surface area contributed by atoms with Crippen LogP contribution >= 0.6 is 24.0 Å². The van der Waals surface area contributed by atoms with Crippen LogP contribution in [0.3, 0.4) is 0 Å². The van der Waals surface area contributed by atoms with Gasteiger partial charge in [0.2, 0.25) is 5.89 Å². The van der Waals surface area contributed by atoms with Gasteiger partial charge >= 0.3 is 0 Å². The predicted octanol–water partition coefficient (Wildman–Crippen LogP) is 4.13. The van der Waals surface area contributed by atoms with Crippen molar-refractivity contribution in [2.45, 2.75) is 71.6 Å². The van der Waals surface area contributed by atoms with Gasteiger partial charge < -0.3 is 15.2 Å². The van der Waals surface area contributed by atoms with Crippen LogP contribution in [0.1, 0.15) is 76.9 Å². The first kappa shape index (κ1) is 23.2. The zero-order valence-corrected chi connectivity index (χ0v) is 19.1. The van der Waals surface area contributed by atoms with E-state index in [2.05, 4.69) is 46.5 Å². The molecule has 1 aromatic rings. The summed E-state index contributed by atoms with van der Waals surface area (Å²) < 4.78 is 5.27. The van der Waals surface area contributed by atoms with Crippen LogP contribution in [-0.4, -0.2) is 36.2 Å². The third-order valence-corrected chi connectivity index (χ3v) is 4.97. The van der Waals surface area contributed by atoms with Crippen LogP contribution < -0.4 is 10.6 Å². The molecule has 2 N–H and O–H groups in total. The summed E-state index contributed by atoms with van der Waals surface area (Å²) >= 11 is 0. The van der Waals surface area contributed by atoms with Crippen molar-refractivity contribution in [3.05, 3.63) is 11.7 Å². The van der Waals surface area contributed by atoms with Gasteiger partial charge in [-0.25, -0.2) is 0 Å². The summed E-state index contributed by atoms with van der Waals surface area (Å²) in [6.45, 7) is 8.37. The fraction of sp³-hybridized carbons (Fsp3) is 0.842. The molecule has 1 aromatic heterocycles. The molecule has 0 radical (unpaired) electrons. The lowest BCUT2D eigenvalue weighted by Gasteiger charge is -2.26. The van der Waals surface area contributed by atoms with E-state index >= 15 is 0 Å². The van der Waals surface area contributed by atoms with E-state index in [1.54, 1.807) is 0 Å².